The van der Waals surface area contributed by atoms with E-state index < -0.39 is 0 Å². The zero-order valence-electron chi connectivity index (χ0n) is 14.4. The van der Waals surface area contributed by atoms with Crippen molar-refractivity contribution in [1.29, 1.82) is 0 Å². The minimum absolute atomic E-state index is 0.0286. The zero-order chi connectivity index (χ0) is 18.4. The first-order valence-corrected chi connectivity index (χ1v) is 8.31. The summed E-state index contributed by atoms with van der Waals surface area (Å²) in [5.74, 6) is 0.574. The highest BCUT2D eigenvalue weighted by atomic mass is 16.5. The van der Waals surface area contributed by atoms with E-state index in [4.69, 9.17) is 4.74 Å². The van der Waals surface area contributed by atoms with Crippen LogP contribution in [0.4, 0.5) is 5.69 Å². The second-order valence-corrected chi connectivity index (χ2v) is 5.89. The molecule has 0 aliphatic rings. The molecule has 0 radical (unpaired) electrons. The number of ether oxygens (including phenoxy) is 1. The Kier molecular flexibility index (Phi) is 5.44. The Labute approximate surface area is 152 Å². The van der Waals surface area contributed by atoms with Gasteiger partial charge in [-0.3, -0.25) is 9.59 Å². The lowest BCUT2D eigenvalue weighted by Gasteiger charge is -2.08. The Morgan fingerprint density at radius 1 is 0.808 bits per heavy atom. The fraction of sp³-hybridized carbons (Fsp3) is 0.0909. The molecule has 130 valence electrons. The van der Waals surface area contributed by atoms with Gasteiger partial charge in [-0.25, -0.2) is 0 Å². The smallest absolute Gasteiger partial charge is 0.255 e. The molecule has 0 heterocycles. The third-order valence-corrected chi connectivity index (χ3v) is 3.91. The van der Waals surface area contributed by atoms with Gasteiger partial charge in [-0.05, 0) is 61.0 Å². The van der Waals surface area contributed by atoms with E-state index in [9.17, 15) is 9.59 Å². The molecule has 0 unspecified atom stereocenters. The number of hydrogen-bond acceptors (Lipinski definition) is 3. The summed E-state index contributed by atoms with van der Waals surface area (Å²) in [6, 6.07) is 23.7. The molecule has 0 aliphatic carbocycles. The highest BCUT2D eigenvalue weighted by Gasteiger charge is 2.06. The molecular weight excluding hydrogens is 326 g/mol. The summed E-state index contributed by atoms with van der Waals surface area (Å²) in [6.45, 7) is 1.92. The van der Waals surface area contributed by atoms with Crippen LogP contribution in [0.15, 0.2) is 78.9 Å². The Morgan fingerprint density at radius 2 is 1.42 bits per heavy atom. The number of benzene rings is 3. The molecule has 0 aromatic heterocycles. The molecule has 3 rings (SSSR count). The molecule has 3 aromatic carbocycles. The van der Waals surface area contributed by atoms with E-state index in [0.29, 0.717) is 23.5 Å². The first kappa shape index (κ1) is 17.4. The van der Waals surface area contributed by atoms with Crippen molar-refractivity contribution in [2.45, 2.75) is 13.5 Å². The fourth-order valence-electron chi connectivity index (χ4n) is 2.43. The van der Waals surface area contributed by atoms with Crippen LogP contribution in [0.25, 0.3) is 0 Å². The number of carbonyl (C=O) groups is 2. The van der Waals surface area contributed by atoms with Gasteiger partial charge in [0.25, 0.3) is 5.91 Å². The van der Waals surface area contributed by atoms with Crippen LogP contribution < -0.4 is 10.1 Å². The lowest BCUT2D eigenvalue weighted by Crippen LogP contribution is -2.11. The van der Waals surface area contributed by atoms with Crippen molar-refractivity contribution in [3.8, 4) is 5.75 Å². The largest absolute Gasteiger partial charge is 0.489 e. The van der Waals surface area contributed by atoms with E-state index in [1.807, 2.05) is 42.5 Å². The average molecular weight is 345 g/mol. The van der Waals surface area contributed by atoms with E-state index in [1.54, 1.807) is 36.4 Å². The summed E-state index contributed by atoms with van der Waals surface area (Å²) in [5.41, 5.74) is 2.96. The highest BCUT2D eigenvalue weighted by molar-refractivity contribution is 6.04. The zero-order valence-corrected chi connectivity index (χ0v) is 14.4. The van der Waals surface area contributed by atoms with E-state index in [-0.39, 0.29) is 11.7 Å². The van der Waals surface area contributed by atoms with Crippen molar-refractivity contribution >= 4 is 17.4 Å². The van der Waals surface area contributed by atoms with Crippen LogP contribution in [0.1, 0.15) is 33.2 Å². The van der Waals surface area contributed by atoms with Crippen LogP contribution in [-0.2, 0) is 6.61 Å². The third kappa shape index (κ3) is 4.57. The summed E-state index contributed by atoms with van der Waals surface area (Å²) in [4.78, 5) is 23.5. The van der Waals surface area contributed by atoms with Gasteiger partial charge in [-0.15, -0.1) is 0 Å². The Hall–Kier alpha value is -3.40. The molecule has 0 saturated heterocycles. The number of nitrogens with one attached hydrogen (secondary N) is 1. The maximum absolute atomic E-state index is 12.2. The summed E-state index contributed by atoms with van der Waals surface area (Å²) in [6.07, 6.45) is 0. The van der Waals surface area contributed by atoms with Gasteiger partial charge >= 0.3 is 0 Å². The average Bonchev–Trinajstić information content (AvgIpc) is 2.68. The summed E-state index contributed by atoms with van der Waals surface area (Å²) in [5, 5.41) is 2.85. The summed E-state index contributed by atoms with van der Waals surface area (Å²) < 4.78 is 5.71. The lowest BCUT2D eigenvalue weighted by molar-refractivity contribution is 0.101. The predicted molar refractivity (Wildman–Crippen MR) is 102 cm³/mol. The standard InChI is InChI=1S/C22H19NO3/c1-16(24)18-11-13-21(14-12-18)26-15-17-7-9-19(10-8-17)22(25)23-20-5-3-2-4-6-20/h2-14H,15H2,1H3,(H,23,25). The maximum Gasteiger partial charge on any atom is 0.255 e. The SMILES string of the molecule is CC(=O)c1ccc(OCc2ccc(C(=O)Nc3ccccc3)cc2)cc1. The van der Waals surface area contributed by atoms with Gasteiger partial charge in [-0.1, -0.05) is 30.3 Å². The van der Waals surface area contributed by atoms with E-state index >= 15 is 0 Å². The van der Waals surface area contributed by atoms with Crippen LogP contribution in [0, 0.1) is 0 Å². The van der Waals surface area contributed by atoms with Crippen molar-refractivity contribution in [3.05, 3.63) is 95.6 Å². The minimum atomic E-state index is -0.150. The quantitative estimate of drug-likeness (QED) is 0.658. The van der Waals surface area contributed by atoms with E-state index in [1.165, 1.54) is 6.92 Å². The van der Waals surface area contributed by atoms with Crippen LogP contribution >= 0.6 is 0 Å². The van der Waals surface area contributed by atoms with Crippen molar-refractivity contribution in [2.24, 2.45) is 0 Å². The second kappa shape index (κ2) is 8.12. The van der Waals surface area contributed by atoms with Gasteiger partial charge in [0.2, 0.25) is 0 Å². The number of rotatable bonds is 6. The molecular formula is C22H19NO3. The number of Topliss-reactive ketones (excluding diaryl/α,β-unsaturated/α-hetero) is 1. The normalized spacial score (nSPS) is 10.2. The van der Waals surface area contributed by atoms with Crippen LogP contribution in [0.5, 0.6) is 5.75 Å². The van der Waals surface area contributed by atoms with Gasteiger partial charge in [0.15, 0.2) is 5.78 Å². The van der Waals surface area contributed by atoms with Crippen molar-refractivity contribution in [3.63, 3.8) is 0 Å². The Bertz CT molecular complexity index is 885. The molecule has 0 saturated carbocycles. The maximum atomic E-state index is 12.2. The van der Waals surface area contributed by atoms with Gasteiger partial charge in [0.05, 0.1) is 0 Å². The lowest BCUT2D eigenvalue weighted by atomic mass is 10.1. The minimum Gasteiger partial charge on any atom is -0.489 e. The fourth-order valence-corrected chi connectivity index (χ4v) is 2.43. The molecule has 0 fully saturated rings. The molecule has 1 amide bonds. The van der Waals surface area contributed by atoms with Gasteiger partial charge < -0.3 is 10.1 Å². The second-order valence-electron chi connectivity index (χ2n) is 5.89. The number of carbonyl (C=O) groups excluding carboxylic acids is 2. The molecule has 4 heteroatoms. The number of amides is 1. The van der Waals surface area contributed by atoms with Crippen LogP contribution in [0.2, 0.25) is 0 Å². The monoisotopic (exact) mass is 345 g/mol. The Balaban J connectivity index is 1.57. The molecule has 0 bridgehead atoms. The number of anilines is 1. The van der Waals surface area contributed by atoms with Gasteiger partial charge in [0, 0.05) is 16.8 Å². The molecule has 0 aliphatic heterocycles. The highest BCUT2D eigenvalue weighted by Crippen LogP contribution is 2.15. The molecule has 26 heavy (non-hydrogen) atoms. The number of ketones is 1. The molecule has 4 nitrogen and oxygen atoms in total. The van der Waals surface area contributed by atoms with E-state index in [2.05, 4.69) is 5.32 Å². The van der Waals surface area contributed by atoms with Crippen molar-refractivity contribution in [1.82, 2.24) is 0 Å². The molecule has 0 atom stereocenters. The Morgan fingerprint density at radius 3 is 2.04 bits per heavy atom. The van der Waals surface area contributed by atoms with Gasteiger partial charge in [-0.2, -0.15) is 0 Å². The van der Waals surface area contributed by atoms with Crippen LogP contribution in [0.3, 0.4) is 0 Å². The number of hydrogen-bond donors (Lipinski definition) is 1. The predicted octanol–water partition coefficient (Wildman–Crippen LogP) is 4.72. The van der Waals surface area contributed by atoms with Crippen LogP contribution in [-0.4, -0.2) is 11.7 Å². The summed E-state index contributed by atoms with van der Waals surface area (Å²) >= 11 is 0. The van der Waals surface area contributed by atoms with Crippen molar-refractivity contribution in [2.75, 3.05) is 5.32 Å². The topological polar surface area (TPSA) is 55.4 Å². The van der Waals surface area contributed by atoms with Crippen molar-refractivity contribution < 1.29 is 14.3 Å². The van der Waals surface area contributed by atoms with E-state index in [0.717, 1.165) is 11.3 Å². The molecule has 1 N–H and O–H groups in total. The van der Waals surface area contributed by atoms with Gasteiger partial charge in [0.1, 0.15) is 12.4 Å². The molecule has 3 aromatic rings. The first-order valence-electron chi connectivity index (χ1n) is 8.31. The summed E-state index contributed by atoms with van der Waals surface area (Å²) in [7, 11) is 0. The third-order valence-electron chi connectivity index (χ3n) is 3.91. The number of para-hydroxylation sites is 1. The first-order chi connectivity index (χ1) is 12.6. The molecule has 0 spiro atoms.